The molecule has 5 nitrogen and oxygen atoms in total. The molecule has 2 aromatic rings. The number of ether oxygens (including phenoxy) is 1. The lowest BCUT2D eigenvalue weighted by Crippen LogP contribution is -2.34. The minimum atomic E-state index is 0.0597. The molecule has 1 atom stereocenters. The van der Waals surface area contributed by atoms with E-state index in [1.54, 1.807) is 0 Å². The molecular weight excluding hydrogens is 278 g/mol. The number of nitrogens with one attached hydrogen (secondary N) is 1. The molecule has 2 heterocycles. The van der Waals surface area contributed by atoms with E-state index in [0.717, 1.165) is 42.9 Å². The molecule has 0 bridgehead atoms. The summed E-state index contributed by atoms with van der Waals surface area (Å²) >= 11 is 0. The summed E-state index contributed by atoms with van der Waals surface area (Å²) < 4.78 is 5.55. The van der Waals surface area contributed by atoms with Gasteiger partial charge in [0.1, 0.15) is 12.4 Å². The third kappa shape index (κ3) is 2.73. The monoisotopic (exact) mass is 299 g/mol. The Balaban J connectivity index is 1.46. The summed E-state index contributed by atoms with van der Waals surface area (Å²) in [6.07, 6.45) is 4.49. The smallest absolute Gasteiger partial charge is 0.249 e. The minimum absolute atomic E-state index is 0.0597. The van der Waals surface area contributed by atoms with Crippen LogP contribution in [0.5, 0.6) is 0 Å². The summed E-state index contributed by atoms with van der Waals surface area (Å²) in [4.78, 5) is 22.3. The molecule has 4 rings (SSSR count). The van der Waals surface area contributed by atoms with E-state index in [1.807, 2.05) is 29.2 Å². The fourth-order valence-corrected chi connectivity index (χ4v) is 3.16. The fraction of sp³-hybridized carbons (Fsp3) is 0.529. The van der Waals surface area contributed by atoms with E-state index in [4.69, 9.17) is 4.74 Å². The molecule has 1 saturated carbocycles. The second-order valence-corrected chi connectivity index (χ2v) is 6.34. The zero-order valence-electron chi connectivity index (χ0n) is 12.6. The first kappa shape index (κ1) is 13.8. The molecule has 1 aliphatic carbocycles. The van der Waals surface area contributed by atoms with E-state index >= 15 is 0 Å². The zero-order chi connectivity index (χ0) is 14.9. The van der Waals surface area contributed by atoms with Crippen LogP contribution in [0.4, 0.5) is 0 Å². The van der Waals surface area contributed by atoms with Crippen LogP contribution in [0.25, 0.3) is 11.0 Å². The lowest BCUT2D eigenvalue weighted by molar-refractivity contribution is -0.137. The molecule has 1 aliphatic heterocycles. The number of H-pyrrole nitrogens is 1. The maximum absolute atomic E-state index is 12.4. The highest BCUT2D eigenvalue weighted by Gasteiger charge is 2.32. The van der Waals surface area contributed by atoms with Crippen molar-refractivity contribution in [1.29, 1.82) is 0 Å². The SMILES string of the molecule is O=C(COCC1CC1)N1CCC[C@@H]1c1nc2ccccc2[nH]1. The Morgan fingerprint density at radius 1 is 1.32 bits per heavy atom. The standard InChI is InChI=1S/C17H21N3O2/c21-16(11-22-10-12-7-8-12)20-9-3-6-15(20)17-18-13-4-1-2-5-14(13)19-17/h1-2,4-5,12,15H,3,6-11H2,(H,18,19)/t15-/m1/s1. The highest BCUT2D eigenvalue weighted by Crippen LogP contribution is 2.32. The van der Waals surface area contributed by atoms with E-state index in [0.29, 0.717) is 5.92 Å². The Bertz CT molecular complexity index is 644. The molecule has 5 heteroatoms. The lowest BCUT2D eigenvalue weighted by Gasteiger charge is -2.23. The number of rotatable bonds is 5. The number of benzene rings is 1. The first-order chi connectivity index (χ1) is 10.8. The summed E-state index contributed by atoms with van der Waals surface area (Å²) in [7, 11) is 0. The average Bonchev–Trinajstić information content (AvgIpc) is 3.06. The van der Waals surface area contributed by atoms with Crippen molar-refractivity contribution < 1.29 is 9.53 Å². The Labute approximate surface area is 129 Å². The van der Waals surface area contributed by atoms with Crippen LogP contribution >= 0.6 is 0 Å². The summed E-state index contributed by atoms with van der Waals surface area (Å²) in [5, 5.41) is 0. The molecule has 2 fully saturated rings. The van der Waals surface area contributed by atoms with Crippen molar-refractivity contribution in [3.05, 3.63) is 30.1 Å². The number of nitrogens with zero attached hydrogens (tertiary/aromatic N) is 2. The molecule has 0 radical (unpaired) electrons. The molecule has 0 spiro atoms. The van der Waals surface area contributed by atoms with Gasteiger partial charge in [-0.3, -0.25) is 4.79 Å². The van der Waals surface area contributed by atoms with E-state index in [9.17, 15) is 4.79 Å². The molecule has 1 amide bonds. The van der Waals surface area contributed by atoms with Crippen molar-refractivity contribution in [1.82, 2.24) is 14.9 Å². The Kier molecular flexibility index (Phi) is 3.58. The Hall–Kier alpha value is -1.88. The number of aromatic nitrogens is 2. The van der Waals surface area contributed by atoms with Gasteiger partial charge < -0.3 is 14.6 Å². The van der Waals surface area contributed by atoms with E-state index < -0.39 is 0 Å². The molecule has 116 valence electrons. The molecular formula is C17H21N3O2. The molecule has 1 aromatic heterocycles. The van der Waals surface area contributed by atoms with Crippen molar-refractivity contribution in [3.8, 4) is 0 Å². The van der Waals surface area contributed by atoms with Gasteiger partial charge in [0.25, 0.3) is 0 Å². The van der Waals surface area contributed by atoms with Gasteiger partial charge in [-0.2, -0.15) is 0 Å². The van der Waals surface area contributed by atoms with Gasteiger partial charge in [0.2, 0.25) is 5.91 Å². The van der Waals surface area contributed by atoms with Crippen LogP contribution in [0.2, 0.25) is 0 Å². The topological polar surface area (TPSA) is 58.2 Å². The molecule has 1 saturated heterocycles. The number of carbonyl (C=O) groups is 1. The van der Waals surface area contributed by atoms with Gasteiger partial charge in [-0.25, -0.2) is 4.98 Å². The van der Waals surface area contributed by atoms with Gasteiger partial charge in [0, 0.05) is 6.54 Å². The molecule has 1 aromatic carbocycles. The van der Waals surface area contributed by atoms with Crippen LogP contribution in [0.3, 0.4) is 0 Å². The van der Waals surface area contributed by atoms with Crippen LogP contribution in [0, 0.1) is 5.92 Å². The number of hydrogen-bond donors (Lipinski definition) is 1. The van der Waals surface area contributed by atoms with Crippen molar-refractivity contribution >= 4 is 16.9 Å². The van der Waals surface area contributed by atoms with Crippen molar-refractivity contribution in [2.75, 3.05) is 19.8 Å². The maximum Gasteiger partial charge on any atom is 0.249 e. The third-order valence-electron chi connectivity index (χ3n) is 4.57. The van der Waals surface area contributed by atoms with Gasteiger partial charge in [0.15, 0.2) is 0 Å². The number of amides is 1. The second kappa shape index (κ2) is 5.72. The van der Waals surface area contributed by atoms with E-state index in [2.05, 4.69) is 9.97 Å². The van der Waals surface area contributed by atoms with Crippen LogP contribution in [-0.2, 0) is 9.53 Å². The predicted molar refractivity (Wildman–Crippen MR) is 83.3 cm³/mol. The largest absolute Gasteiger partial charge is 0.371 e. The number of aromatic amines is 1. The minimum Gasteiger partial charge on any atom is -0.371 e. The summed E-state index contributed by atoms with van der Waals surface area (Å²) in [6, 6.07) is 8.05. The highest BCUT2D eigenvalue weighted by atomic mass is 16.5. The van der Waals surface area contributed by atoms with Crippen LogP contribution in [-0.4, -0.2) is 40.5 Å². The normalized spacial score (nSPS) is 21.6. The van der Waals surface area contributed by atoms with Gasteiger partial charge in [-0.1, -0.05) is 12.1 Å². The third-order valence-corrected chi connectivity index (χ3v) is 4.57. The fourth-order valence-electron chi connectivity index (χ4n) is 3.16. The first-order valence-corrected chi connectivity index (χ1v) is 8.13. The van der Waals surface area contributed by atoms with E-state index in [1.165, 1.54) is 12.8 Å². The number of para-hydroxylation sites is 2. The van der Waals surface area contributed by atoms with Crippen molar-refractivity contribution in [2.45, 2.75) is 31.7 Å². The Morgan fingerprint density at radius 2 is 2.18 bits per heavy atom. The van der Waals surface area contributed by atoms with Crippen LogP contribution < -0.4 is 0 Å². The number of likely N-dealkylation sites (tertiary alicyclic amines) is 1. The number of carbonyl (C=O) groups excluding carboxylic acids is 1. The average molecular weight is 299 g/mol. The molecule has 0 unspecified atom stereocenters. The maximum atomic E-state index is 12.4. The lowest BCUT2D eigenvalue weighted by atomic mass is 10.2. The quantitative estimate of drug-likeness (QED) is 0.923. The number of fused-ring (bicyclic) bond motifs is 1. The molecule has 1 N–H and O–H groups in total. The van der Waals surface area contributed by atoms with Crippen molar-refractivity contribution in [2.24, 2.45) is 5.92 Å². The highest BCUT2D eigenvalue weighted by molar-refractivity contribution is 5.79. The van der Waals surface area contributed by atoms with Gasteiger partial charge >= 0.3 is 0 Å². The Morgan fingerprint density at radius 3 is 3.00 bits per heavy atom. The van der Waals surface area contributed by atoms with E-state index in [-0.39, 0.29) is 18.6 Å². The van der Waals surface area contributed by atoms with Crippen LogP contribution in [0.1, 0.15) is 37.5 Å². The zero-order valence-corrected chi connectivity index (χ0v) is 12.6. The van der Waals surface area contributed by atoms with Gasteiger partial charge in [0.05, 0.1) is 23.7 Å². The van der Waals surface area contributed by atoms with Gasteiger partial charge in [-0.15, -0.1) is 0 Å². The van der Waals surface area contributed by atoms with Gasteiger partial charge in [-0.05, 0) is 43.7 Å². The van der Waals surface area contributed by atoms with Crippen molar-refractivity contribution in [3.63, 3.8) is 0 Å². The first-order valence-electron chi connectivity index (χ1n) is 8.13. The predicted octanol–water partition coefficient (Wildman–Crippen LogP) is 2.65. The van der Waals surface area contributed by atoms with Crippen LogP contribution in [0.15, 0.2) is 24.3 Å². The summed E-state index contributed by atoms with van der Waals surface area (Å²) in [5.41, 5.74) is 1.99. The second-order valence-electron chi connectivity index (χ2n) is 6.34. The number of imidazole rings is 1. The number of hydrogen-bond acceptors (Lipinski definition) is 3. The molecule has 22 heavy (non-hydrogen) atoms. The molecule has 2 aliphatic rings. The summed E-state index contributed by atoms with van der Waals surface area (Å²) in [5.74, 6) is 1.68. The summed E-state index contributed by atoms with van der Waals surface area (Å²) in [6.45, 7) is 1.73.